The standard InChI is InChI=1S/C16H16FNOS/c1-10(11-5-7-13(17)8-6-11)18-16(19)15-9-12-3-2-4-14(12)20-15/h5-10H,2-4H2,1H3,(H,18,19)/t10-/m0/s1. The van der Waals surface area contributed by atoms with Crippen LogP contribution in [0.5, 0.6) is 0 Å². The summed E-state index contributed by atoms with van der Waals surface area (Å²) in [5.41, 5.74) is 2.23. The fraction of sp³-hybridized carbons (Fsp3) is 0.312. The van der Waals surface area contributed by atoms with E-state index in [0.29, 0.717) is 0 Å². The molecule has 0 saturated carbocycles. The fourth-order valence-corrected chi connectivity index (χ4v) is 3.70. The average molecular weight is 289 g/mol. The zero-order valence-electron chi connectivity index (χ0n) is 11.3. The molecule has 3 rings (SSSR count). The number of halogens is 1. The van der Waals surface area contributed by atoms with Crippen LogP contribution in [0.25, 0.3) is 0 Å². The highest BCUT2D eigenvalue weighted by Gasteiger charge is 2.19. The molecule has 1 aromatic heterocycles. The Morgan fingerprint density at radius 3 is 2.75 bits per heavy atom. The lowest BCUT2D eigenvalue weighted by molar-refractivity contribution is 0.0944. The molecule has 0 saturated heterocycles. The van der Waals surface area contributed by atoms with Gasteiger partial charge < -0.3 is 5.32 Å². The van der Waals surface area contributed by atoms with Gasteiger partial charge in [0.1, 0.15) is 5.82 Å². The Hall–Kier alpha value is -1.68. The Kier molecular flexibility index (Phi) is 3.57. The van der Waals surface area contributed by atoms with Crippen LogP contribution < -0.4 is 5.32 Å². The van der Waals surface area contributed by atoms with Gasteiger partial charge in [-0.2, -0.15) is 0 Å². The van der Waals surface area contributed by atoms with Gasteiger partial charge in [0.05, 0.1) is 10.9 Å². The second-order valence-electron chi connectivity index (χ2n) is 5.16. The number of hydrogen-bond acceptors (Lipinski definition) is 2. The van der Waals surface area contributed by atoms with Crippen molar-refractivity contribution in [2.75, 3.05) is 0 Å². The molecule has 0 fully saturated rings. The Morgan fingerprint density at radius 2 is 2.05 bits per heavy atom. The Labute approximate surface area is 121 Å². The molecule has 20 heavy (non-hydrogen) atoms. The molecule has 2 nitrogen and oxygen atoms in total. The summed E-state index contributed by atoms with van der Waals surface area (Å²) >= 11 is 1.60. The van der Waals surface area contributed by atoms with Gasteiger partial charge in [0.25, 0.3) is 5.91 Å². The van der Waals surface area contributed by atoms with Crippen LogP contribution in [-0.2, 0) is 12.8 Å². The van der Waals surface area contributed by atoms with E-state index >= 15 is 0 Å². The van der Waals surface area contributed by atoms with Crippen molar-refractivity contribution in [1.29, 1.82) is 0 Å². The summed E-state index contributed by atoms with van der Waals surface area (Å²) in [6.45, 7) is 1.91. The van der Waals surface area contributed by atoms with Crippen molar-refractivity contribution in [3.05, 3.63) is 57.0 Å². The number of amides is 1. The minimum Gasteiger partial charge on any atom is -0.345 e. The average Bonchev–Trinajstić information content (AvgIpc) is 2.99. The molecule has 0 bridgehead atoms. The maximum absolute atomic E-state index is 12.9. The van der Waals surface area contributed by atoms with Gasteiger partial charge in [-0.05, 0) is 55.5 Å². The number of carbonyl (C=O) groups excluding carboxylic acids is 1. The number of nitrogens with one attached hydrogen (secondary N) is 1. The first-order valence-electron chi connectivity index (χ1n) is 6.81. The summed E-state index contributed by atoms with van der Waals surface area (Å²) < 4.78 is 12.9. The van der Waals surface area contributed by atoms with Gasteiger partial charge >= 0.3 is 0 Å². The van der Waals surface area contributed by atoms with Crippen LogP contribution >= 0.6 is 11.3 Å². The monoisotopic (exact) mass is 289 g/mol. The van der Waals surface area contributed by atoms with Crippen LogP contribution in [0, 0.1) is 5.82 Å². The predicted octanol–water partition coefficient (Wildman–Crippen LogP) is 3.87. The van der Waals surface area contributed by atoms with Gasteiger partial charge in [0.2, 0.25) is 0 Å². The maximum atomic E-state index is 12.9. The molecule has 104 valence electrons. The molecule has 0 aliphatic heterocycles. The highest BCUT2D eigenvalue weighted by molar-refractivity contribution is 7.14. The van der Waals surface area contributed by atoms with Gasteiger partial charge in [-0.1, -0.05) is 12.1 Å². The SMILES string of the molecule is C[C@H](NC(=O)c1cc2c(s1)CCC2)c1ccc(F)cc1. The minimum absolute atomic E-state index is 0.0405. The molecular weight excluding hydrogens is 273 g/mol. The number of aryl methyl sites for hydroxylation is 2. The number of hydrogen-bond donors (Lipinski definition) is 1. The van der Waals surface area contributed by atoms with Gasteiger partial charge in [-0.15, -0.1) is 11.3 Å². The summed E-state index contributed by atoms with van der Waals surface area (Å²) in [5.74, 6) is -0.303. The number of thiophene rings is 1. The second kappa shape index (κ2) is 5.37. The molecule has 1 N–H and O–H groups in total. The van der Waals surface area contributed by atoms with E-state index in [0.717, 1.165) is 23.3 Å². The molecule has 2 aromatic rings. The largest absolute Gasteiger partial charge is 0.345 e. The third-order valence-corrected chi connectivity index (χ3v) is 4.92. The predicted molar refractivity (Wildman–Crippen MR) is 78.6 cm³/mol. The smallest absolute Gasteiger partial charge is 0.261 e. The second-order valence-corrected chi connectivity index (χ2v) is 6.30. The first kappa shape index (κ1) is 13.3. The lowest BCUT2D eigenvalue weighted by Gasteiger charge is -2.13. The van der Waals surface area contributed by atoms with Crippen molar-refractivity contribution >= 4 is 17.2 Å². The normalized spacial score (nSPS) is 14.9. The van der Waals surface area contributed by atoms with Crippen molar-refractivity contribution in [3.63, 3.8) is 0 Å². The van der Waals surface area contributed by atoms with Crippen molar-refractivity contribution < 1.29 is 9.18 Å². The fourth-order valence-electron chi connectivity index (χ4n) is 2.54. The summed E-state index contributed by atoms with van der Waals surface area (Å²) in [6, 6.07) is 8.12. The highest BCUT2D eigenvalue weighted by Crippen LogP contribution is 2.30. The Bertz CT molecular complexity index is 611. The van der Waals surface area contributed by atoms with Crippen LogP contribution in [0.4, 0.5) is 4.39 Å². The third kappa shape index (κ3) is 2.61. The van der Waals surface area contributed by atoms with E-state index in [1.165, 1.54) is 29.0 Å². The van der Waals surface area contributed by atoms with E-state index < -0.39 is 0 Å². The Balaban J connectivity index is 1.70. The number of fused-ring (bicyclic) bond motifs is 1. The van der Waals surface area contributed by atoms with Crippen LogP contribution in [0.2, 0.25) is 0 Å². The van der Waals surface area contributed by atoms with Crippen molar-refractivity contribution in [2.45, 2.75) is 32.2 Å². The maximum Gasteiger partial charge on any atom is 0.261 e. The number of benzene rings is 1. The van der Waals surface area contributed by atoms with E-state index in [4.69, 9.17) is 0 Å². The molecule has 0 radical (unpaired) electrons. The van der Waals surface area contributed by atoms with Crippen LogP contribution in [0.1, 0.15) is 45.1 Å². The zero-order chi connectivity index (χ0) is 14.1. The van der Waals surface area contributed by atoms with Crippen molar-refractivity contribution in [1.82, 2.24) is 5.32 Å². The van der Waals surface area contributed by atoms with Gasteiger partial charge in [-0.25, -0.2) is 4.39 Å². The third-order valence-electron chi connectivity index (χ3n) is 3.69. The molecule has 1 aliphatic carbocycles. The Morgan fingerprint density at radius 1 is 1.30 bits per heavy atom. The summed E-state index contributed by atoms with van der Waals surface area (Å²) in [6.07, 6.45) is 3.39. The molecule has 1 amide bonds. The van der Waals surface area contributed by atoms with Gasteiger partial charge in [0, 0.05) is 4.88 Å². The molecule has 4 heteroatoms. The zero-order valence-corrected chi connectivity index (χ0v) is 12.1. The lowest BCUT2D eigenvalue weighted by Crippen LogP contribution is -2.25. The highest BCUT2D eigenvalue weighted by atomic mass is 32.1. The topological polar surface area (TPSA) is 29.1 Å². The molecule has 1 heterocycles. The van der Waals surface area contributed by atoms with E-state index in [9.17, 15) is 9.18 Å². The molecule has 1 atom stereocenters. The lowest BCUT2D eigenvalue weighted by atomic mass is 10.1. The molecular formula is C16H16FNOS. The van der Waals surface area contributed by atoms with E-state index in [1.807, 2.05) is 13.0 Å². The van der Waals surface area contributed by atoms with E-state index in [-0.39, 0.29) is 17.8 Å². The summed E-state index contributed by atoms with van der Waals surface area (Å²) in [7, 11) is 0. The van der Waals surface area contributed by atoms with Crippen LogP contribution in [-0.4, -0.2) is 5.91 Å². The minimum atomic E-state index is -0.262. The van der Waals surface area contributed by atoms with Gasteiger partial charge in [-0.3, -0.25) is 4.79 Å². The van der Waals surface area contributed by atoms with Crippen LogP contribution in [0.3, 0.4) is 0 Å². The molecule has 0 spiro atoms. The van der Waals surface area contributed by atoms with Crippen LogP contribution in [0.15, 0.2) is 30.3 Å². The van der Waals surface area contributed by atoms with Crippen molar-refractivity contribution in [3.8, 4) is 0 Å². The van der Waals surface area contributed by atoms with E-state index in [2.05, 4.69) is 5.32 Å². The quantitative estimate of drug-likeness (QED) is 0.913. The first-order valence-corrected chi connectivity index (χ1v) is 7.63. The number of rotatable bonds is 3. The summed E-state index contributed by atoms with van der Waals surface area (Å²) in [5, 5.41) is 2.97. The summed E-state index contributed by atoms with van der Waals surface area (Å²) in [4.78, 5) is 14.4. The molecule has 1 aromatic carbocycles. The molecule has 1 aliphatic rings. The molecule has 0 unspecified atom stereocenters. The van der Waals surface area contributed by atoms with E-state index in [1.54, 1.807) is 23.5 Å². The first-order chi connectivity index (χ1) is 9.63. The van der Waals surface area contributed by atoms with Gasteiger partial charge in [0.15, 0.2) is 0 Å². The number of carbonyl (C=O) groups is 1. The van der Waals surface area contributed by atoms with Crippen molar-refractivity contribution in [2.24, 2.45) is 0 Å².